The number of halogens is 2. The molecule has 0 saturated heterocycles. The smallest absolute Gasteiger partial charge is 0.175 e. The van der Waals surface area contributed by atoms with Crippen LogP contribution in [0.5, 0.6) is 0 Å². The number of hydrogen-bond donors (Lipinski definition) is 2. The zero-order valence-corrected chi connectivity index (χ0v) is 17.8. The van der Waals surface area contributed by atoms with Gasteiger partial charge in [0.25, 0.3) is 0 Å². The second-order valence-electron chi connectivity index (χ2n) is 7.39. The van der Waals surface area contributed by atoms with Crippen LogP contribution in [0.1, 0.15) is 20.8 Å². The van der Waals surface area contributed by atoms with Crippen molar-refractivity contribution in [2.45, 2.75) is 37.4 Å². The van der Waals surface area contributed by atoms with Crippen molar-refractivity contribution in [2.75, 3.05) is 18.8 Å². The lowest BCUT2D eigenvalue weighted by molar-refractivity contribution is 0.375. The van der Waals surface area contributed by atoms with Crippen molar-refractivity contribution in [3.8, 4) is 0 Å². The van der Waals surface area contributed by atoms with Crippen molar-refractivity contribution in [3.05, 3.63) is 34.6 Å². The number of benzene rings is 1. The number of nitrogens with one attached hydrogen (secondary N) is 1. The van der Waals surface area contributed by atoms with Gasteiger partial charge in [0.15, 0.2) is 22.1 Å². The van der Waals surface area contributed by atoms with Gasteiger partial charge in [-0.15, -0.1) is 0 Å². The molecule has 0 aliphatic carbocycles. The Morgan fingerprint density at radius 3 is 2.70 bits per heavy atom. The van der Waals surface area contributed by atoms with Gasteiger partial charge in [0.05, 0.1) is 5.02 Å². The standard InChI is InChI=1S/C18H22Cl2N6S/c1-18(2,3)9-22-6-7-26-16-14(15(21)23-10-24-16)25-17(26)27-13-5-4-11(19)8-12(13)20/h4-5,8,10,22H,6-7,9H2,1-3H3,(H2,21,23,24). The summed E-state index contributed by atoms with van der Waals surface area (Å²) in [6.07, 6.45) is 1.46. The summed E-state index contributed by atoms with van der Waals surface area (Å²) in [7, 11) is 0. The molecule has 0 radical (unpaired) electrons. The van der Waals surface area contributed by atoms with Gasteiger partial charge < -0.3 is 15.6 Å². The summed E-state index contributed by atoms with van der Waals surface area (Å²) in [4.78, 5) is 14.0. The van der Waals surface area contributed by atoms with Crippen molar-refractivity contribution in [1.82, 2.24) is 24.8 Å². The Hall–Kier alpha value is -1.54. The van der Waals surface area contributed by atoms with E-state index >= 15 is 0 Å². The predicted octanol–water partition coefficient (Wildman–Crippen LogP) is 4.50. The maximum absolute atomic E-state index is 6.33. The number of anilines is 1. The van der Waals surface area contributed by atoms with Crippen LogP contribution in [-0.4, -0.2) is 32.6 Å². The maximum Gasteiger partial charge on any atom is 0.175 e. The number of rotatable bonds is 6. The second kappa shape index (κ2) is 8.22. The number of fused-ring (bicyclic) bond motifs is 1. The first-order valence-electron chi connectivity index (χ1n) is 8.55. The van der Waals surface area contributed by atoms with Crippen LogP contribution in [-0.2, 0) is 6.54 Å². The molecule has 2 aromatic heterocycles. The number of aromatic nitrogens is 4. The average molecular weight is 425 g/mol. The van der Waals surface area contributed by atoms with Crippen molar-refractivity contribution >= 4 is 51.9 Å². The maximum atomic E-state index is 6.33. The van der Waals surface area contributed by atoms with Crippen molar-refractivity contribution in [2.24, 2.45) is 5.41 Å². The lowest BCUT2D eigenvalue weighted by Gasteiger charge is -2.19. The quantitative estimate of drug-likeness (QED) is 0.566. The van der Waals surface area contributed by atoms with E-state index in [9.17, 15) is 0 Å². The van der Waals surface area contributed by atoms with E-state index in [1.54, 1.807) is 6.07 Å². The molecule has 2 heterocycles. The summed E-state index contributed by atoms with van der Waals surface area (Å²) >= 11 is 13.8. The summed E-state index contributed by atoms with van der Waals surface area (Å²) in [5, 5.41) is 5.42. The number of nitrogens with two attached hydrogens (primary N) is 1. The monoisotopic (exact) mass is 424 g/mol. The van der Waals surface area contributed by atoms with Gasteiger partial charge in [-0.05, 0) is 23.6 Å². The molecule has 0 bridgehead atoms. The topological polar surface area (TPSA) is 81.7 Å². The molecule has 0 unspecified atom stereocenters. The predicted molar refractivity (Wildman–Crippen MR) is 113 cm³/mol. The van der Waals surface area contributed by atoms with Crippen LogP contribution in [0.4, 0.5) is 5.82 Å². The molecule has 0 saturated carbocycles. The Morgan fingerprint density at radius 2 is 2.00 bits per heavy atom. The van der Waals surface area contributed by atoms with Crippen LogP contribution >= 0.6 is 35.0 Å². The molecule has 0 fully saturated rings. The molecular formula is C18H22Cl2N6S. The molecular weight excluding hydrogens is 403 g/mol. The van der Waals surface area contributed by atoms with Crippen LogP contribution in [0.3, 0.4) is 0 Å². The minimum absolute atomic E-state index is 0.220. The first-order chi connectivity index (χ1) is 12.7. The normalized spacial score (nSPS) is 12.0. The highest BCUT2D eigenvalue weighted by Crippen LogP contribution is 2.36. The van der Waals surface area contributed by atoms with E-state index < -0.39 is 0 Å². The molecule has 3 rings (SSSR count). The number of nitrogen functional groups attached to an aromatic ring is 1. The van der Waals surface area contributed by atoms with E-state index in [4.69, 9.17) is 28.9 Å². The first kappa shape index (κ1) is 20.2. The van der Waals surface area contributed by atoms with E-state index in [0.29, 0.717) is 33.6 Å². The highest BCUT2D eigenvalue weighted by atomic mass is 35.5. The molecule has 9 heteroatoms. The summed E-state index contributed by atoms with van der Waals surface area (Å²) in [6, 6.07) is 5.41. The van der Waals surface area contributed by atoms with Crippen molar-refractivity contribution in [1.29, 1.82) is 0 Å². The molecule has 27 heavy (non-hydrogen) atoms. The molecule has 0 amide bonds. The van der Waals surface area contributed by atoms with E-state index in [2.05, 4.69) is 41.0 Å². The number of nitrogens with zero attached hydrogens (tertiary/aromatic N) is 4. The molecule has 0 spiro atoms. The molecule has 0 aliphatic heterocycles. The Labute approximate surface area is 172 Å². The van der Waals surface area contributed by atoms with Crippen LogP contribution in [0.2, 0.25) is 10.0 Å². The fourth-order valence-corrected chi connectivity index (χ4v) is 3.96. The molecule has 0 atom stereocenters. The Bertz CT molecular complexity index is 951. The van der Waals surface area contributed by atoms with Crippen LogP contribution in [0.15, 0.2) is 34.6 Å². The largest absolute Gasteiger partial charge is 0.382 e. The van der Waals surface area contributed by atoms with E-state index in [0.717, 1.165) is 23.1 Å². The van der Waals surface area contributed by atoms with E-state index in [-0.39, 0.29) is 5.41 Å². The fourth-order valence-electron chi connectivity index (χ4n) is 2.52. The van der Waals surface area contributed by atoms with Crippen LogP contribution in [0.25, 0.3) is 11.2 Å². The van der Waals surface area contributed by atoms with Crippen LogP contribution < -0.4 is 11.1 Å². The highest BCUT2D eigenvalue weighted by molar-refractivity contribution is 7.99. The van der Waals surface area contributed by atoms with Gasteiger partial charge in [0.2, 0.25) is 0 Å². The number of imidazole rings is 1. The minimum Gasteiger partial charge on any atom is -0.382 e. The molecule has 0 aliphatic rings. The summed E-state index contributed by atoms with van der Waals surface area (Å²) < 4.78 is 2.04. The first-order valence-corrected chi connectivity index (χ1v) is 10.1. The lowest BCUT2D eigenvalue weighted by atomic mass is 9.97. The summed E-state index contributed by atoms with van der Waals surface area (Å²) in [6.45, 7) is 9.01. The third-order valence-corrected chi connectivity index (χ3v) is 5.52. The summed E-state index contributed by atoms with van der Waals surface area (Å²) in [5.74, 6) is 0.366. The van der Waals surface area contributed by atoms with Gasteiger partial charge in [0, 0.05) is 29.6 Å². The fraction of sp³-hybridized carbons (Fsp3) is 0.389. The SMILES string of the molecule is CC(C)(C)CNCCn1c(Sc2ccc(Cl)cc2Cl)nc2c(N)ncnc21. The second-order valence-corrected chi connectivity index (χ2v) is 9.24. The lowest BCUT2D eigenvalue weighted by Crippen LogP contribution is -2.29. The zero-order valence-electron chi connectivity index (χ0n) is 15.5. The third-order valence-electron chi connectivity index (χ3n) is 3.79. The average Bonchev–Trinajstić information content (AvgIpc) is 2.92. The molecule has 1 aromatic carbocycles. The van der Waals surface area contributed by atoms with Crippen molar-refractivity contribution < 1.29 is 0 Å². The molecule has 3 N–H and O–H groups in total. The van der Waals surface area contributed by atoms with Crippen molar-refractivity contribution in [3.63, 3.8) is 0 Å². The molecule has 6 nitrogen and oxygen atoms in total. The number of hydrogen-bond acceptors (Lipinski definition) is 6. The Kier molecular flexibility index (Phi) is 6.15. The van der Waals surface area contributed by atoms with Gasteiger partial charge in [-0.25, -0.2) is 15.0 Å². The molecule has 3 aromatic rings. The Balaban J connectivity index is 1.90. The van der Waals surface area contributed by atoms with Gasteiger partial charge in [-0.3, -0.25) is 0 Å². The van der Waals surface area contributed by atoms with E-state index in [1.165, 1.54) is 18.1 Å². The van der Waals surface area contributed by atoms with Gasteiger partial charge >= 0.3 is 0 Å². The van der Waals surface area contributed by atoms with Gasteiger partial charge in [0.1, 0.15) is 6.33 Å². The summed E-state index contributed by atoms with van der Waals surface area (Å²) in [5.41, 5.74) is 7.53. The van der Waals surface area contributed by atoms with Gasteiger partial charge in [-0.2, -0.15) is 0 Å². The zero-order chi connectivity index (χ0) is 19.6. The Morgan fingerprint density at radius 1 is 1.22 bits per heavy atom. The van der Waals surface area contributed by atoms with Gasteiger partial charge in [-0.1, -0.05) is 55.7 Å². The van der Waals surface area contributed by atoms with Crippen LogP contribution in [0, 0.1) is 5.41 Å². The minimum atomic E-state index is 0.220. The third kappa shape index (κ3) is 5.04. The van der Waals surface area contributed by atoms with E-state index in [1.807, 2.05) is 16.7 Å². The molecule has 144 valence electrons. The highest BCUT2D eigenvalue weighted by Gasteiger charge is 2.17.